The van der Waals surface area contributed by atoms with Crippen LogP contribution >= 0.6 is 0 Å². The minimum atomic E-state index is -0.534. The van der Waals surface area contributed by atoms with Gasteiger partial charge in [-0.3, -0.25) is 10.1 Å². The number of hydrogen-bond acceptors (Lipinski definition) is 4. The Bertz CT molecular complexity index is 481. The average Bonchev–Trinajstić information content (AvgIpc) is 2.49. The van der Waals surface area contributed by atoms with Crippen LogP contribution in [0.2, 0.25) is 0 Å². The van der Waals surface area contributed by atoms with Gasteiger partial charge in [0.2, 0.25) is 0 Å². The number of aliphatic hydroxyl groups is 1. The third kappa shape index (κ3) is 4.42. The molecule has 4 atom stereocenters. The molecule has 0 aromatic heterocycles. The first-order chi connectivity index (χ1) is 10.5. The van der Waals surface area contributed by atoms with Gasteiger partial charge in [-0.25, -0.2) is 0 Å². The van der Waals surface area contributed by atoms with Crippen molar-refractivity contribution in [3.8, 4) is 5.75 Å². The summed E-state index contributed by atoms with van der Waals surface area (Å²) in [6.07, 6.45) is 3.14. The Kier molecular flexibility index (Phi) is 5.74. The van der Waals surface area contributed by atoms with E-state index in [0.29, 0.717) is 24.4 Å². The van der Waals surface area contributed by atoms with Gasteiger partial charge in [0.1, 0.15) is 25.0 Å². The maximum absolute atomic E-state index is 10.6. The number of non-ortho nitro benzene ring substituents is 1. The number of piperidine rings is 1. The van der Waals surface area contributed by atoms with Crippen LogP contribution in [-0.4, -0.2) is 41.4 Å². The maximum atomic E-state index is 10.6. The van der Waals surface area contributed by atoms with Crippen LogP contribution < -0.4 is 9.64 Å². The van der Waals surface area contributed by atoms with Gasteiger partial charge in [-0.05, 0) is 45.2 Å². The second kappa shape index (κ2) is 7.56. The summed E-state index contributed by atoms with van der Waals surface area (Å²) >= 11 is 0. The van der Waals surface area contributed by atoms with Crippen molar-refractivity contribution in [1.29, 1.82) is 0 Å². The molecule has 1 fully saturated rings. The number of hydrogen-bond donors (Lipinski definition) is 2. The number of benzene rings is 1. The third-order valence-electron chi connectivity index (χ3n) is 4.50. The zero-order chi connectivity index (χ0) is 16.1. The van der Waals surface area contributed by atoms with Gasteiger partial charge in [-0.2, -0.15) is 0 Å². The second-order valence-electron chi connectivity index (χ2n) is 6.23. The zero-order valence-corrected chi connectivity index (χ0v) is 13.2. The normalized spacial score (nSPS) is 26.4. The van der Waals surface area contributed by atoms with Crippen molar-refractivity contribution in [2.24, 2.45) is 0 Å². The molecule has 2 rings (SSSR count). The molecule has 6 heteroatoms. The zero-order valence-electron chi connectivity index (χ0n) is 13.2. The lowest BCUT2D eigenvalue weighted by molar-refractivity contribution is -0.954. The van der Waals surface area contributed by atoms with E-state index >= 15 is 0 Å². The van der Waals surface area contributed by atoms with Crippen molar-refractivity contribution in [3.05, 3.63) is 34.4 Å². The number of nitro groups is 1. The van der Waals surface area contributed by atoms with Gasteiger partial charge in [0.15, 0.2) is 0 Å². The summed E-state index contributed by atoms with van der Waals surface area (Å²) in [5, 5.41) is 20.8. The summed E-state index contributed by atoms with van der Waals surface area (Å²) < 4.78 is 5.53. The molecular weight excluding hydrogens is 284 g/mol. The molecule has 1 aliphatic heterocycles. The van der Waals surface area contributed by atoms with Gasteiger partial charge < -0.3 is 14.7 Å². The van der Waals surface area contributed by atoms with E-state index in [9.17, 15) is 15.2 Å². The molecule has 0 radical (unpaired) electrons. The Labute approximate surface area is 130 Å². The third-order valence-corrected chi connectivity index (χ3v) is 4.50. The Morgan fingerprint density at radius 2 is 1.91 bits per heavy atom. The second-order valence-corrected chi connectivity index (χ2v) is 6.23. The molecule has 22 heavy (non-hydrogen) atoms. The molecule has 1 heterocycles. The lowest BCUT2D eigenvalue weighted by Crippen LogP contribution is -3.20. The summed E-state index contributed by atoms with van der Waals surface area (Å²) in [5.74, 6) is 0.541. The lowest BCUT2D eigenvalue weighted by Gasteiger charge is -2.36. The summed E-state index contributed by atoms with van der Waals surface area (Å²) in [5.41, 5.74) is 0.0355. The quantitative estimate of drug-likeness (QED) is 0.611. The Morgan fingerprint density at radius 1 is 1.32 bits per heavy atom. The van der Waals surface area contributed by atoms with Crippen molar-refractivity contribution in [3.63, 3.8) is 0 Å². The highest BCUT2D eigenvalue weighted by atomic mass is 16.6. The van der Waals surface area contributed by atoms with Crippen LogP contribution in [0.5, 0.6) is 5.75 Å². The molecule has 1 unspecified atom stereocenters. The Hall–Kier alpha value is -1.66. The van der Waals surface area contributed by atoms with E-state index in [1.807, 2.05) is 0 Å². The van der Waals surface area contributed by atoms with Gasteiger partial charge in [0.05, 0.1) is 17.0 Å². The highest BCUT2D eigenvalue weighted by Crippen LogP contribution is 2.17. The number of ether oxygens (including phenoxy) is 1. The SMILES string of the molecule is C[C@@H]1CCC[C@H](C)[NH+]1C[C@H](O)COc1ccc([N+](=O)[O-])cc1. The number of nitrogens with one attached hydrogen (secondary N) is 1. The predicted molar refractivity (Wildman–Crippen MR) is 83.2 cm³/mol. The molecule has 0 spiro atoms. The fraction of sp³-hybridized carbons (Fsp3) is 0.625. The van der Waals surface area contributed by atoms with Crippen LogP contribution in [0.15, 0.2) is 24.3 Å². The minimum absolute atomic E-state index is 0.0355. The first kappa shape index (κ1) is 16.7. The smallest absolute Gasteiger partial charge is 0.269 e. The first-order valence-corrected chi connectivity index (χ1v) is 7.88. The van der Waals surface area contributed by atoms with E-state index in [1.54, 1.807) is 12.1 Å². The highest BCUT2D eigenvalue weighted by molar-refractivity contribution is 5.35. The number of rotatable bonds is 6. The number of quaternary nitrogens is 1. The van der Waals surface area contributed by atoms with Crippen molar-refractivity contribution >= 4 is 5.69 Å². The van der Waals surface area contributed by atoms with Crippen LogP contribution in [0, 0.1) is 10.1 Å². The molecule has 0 aliphatic carbocycles. The molecule has 6 nitrogen and oxygen atoms in total. The van der Waals surface area contributed by atoms with Crippen LogP contribution in [0.1, 0.15) is 33.1 Å². The number of nitro benzene ring substituents is 1. The fourth-order valence-electron chi connectivity index (χ4n) is 3.18. The van der Waals surface area contributed by atoms with E-state index in [-0.39, 0.29) is 12.3 Å². The van der Waals surface area contributed by atoms with E-state index in [0.717, 1.165) is 0 Å². The van der Waals surface area contributed by atoms with Gasteiger partial charge in [0, 0.05) is 12.1 Å². The van der Waals surface area contributed by atoms with E-state index in [4.69, 9.17) is 4.74 Å². The average molecular weight is 309 g/mol. The van der Waals surface area contributed by atoms with Crippen LogP contribution in [0.25, 0.3) is 0 Å². The van der Waals surface area contributed by atoms with Gasteiger partial charge in [0.25, 0.3) is 5.69 Å². The van der Waals surface area contributed by atoms with Gasteiger partial charge >= 0.3 is 0 Å². The van der Waals surface area contributed by atoms with Crippen molar-refractivity contribution in [2.75, 3.05) is 13.2 Å². The fourth-order valence-corrected chi connectivity index (χ4v) is 3.18. The molecule has 1 aromatic rings. The minimum Gasteiger partial charge on any atom is -0.491 e. The van der Waals surface area contributed by atoms with E-state index in [1.165, 1.54) is 36.3 Å². The molecule has 0 bridgehead atoms. The van der Waals surface area contributed by atoms with Crippen molar-refractivity contribution < 1.29 is 19.7 Å². The summed E-state index contributed by atoms with van der Waals surface area (Å²) in [6, 6.07) is 7.06. The maximum Gasteiger partial charge on any atom is 0.269 e. The number of aliphatic hydroxyl groups excluding tert-OH is 1. The Balaban J connectivity index is 1.81. The first-order valence-electron chi connectivity index (χ1n) is 7.88. The lowest BCUT2D eigenvalue weighted by atomic mass is 9.97. The molecule has 0 saturated carbocycles. The molecule has 2 N–H and O–H groups in total. The standard InChI is InChI=1S/C16H24N2O4/c1-12-4-3-5-13(2)17(12)10-15(19)11-22-16-8-6-14(7-9-16)18(20)21/h6-9,12-13,15,19H,3-5,10-11H2,1-2H3/p+1/t12-,13+,15-/m0/s1. The van der Waals surface area contributed by atoms with Crippen LogP contribution in [0.4, 0.5) is 5.69 Å². The Morgan fingerprint density at radius 3 is 2.45 bits per heavy atom. The van der Waals surface area contributed by atoms with Gasteiger partial charge in [-0.15, -0.1) is 0 Å². The van der Waals surface area contributed by atoms with E-state index in [2.05, 4.69) is 13.8 Å². The van der Waals surface area contributed by atoms with Crippen LogP contribution in [-0.2, 0) is 0 Å². The summed E-state index contributed by atoms with van der Waals surface area (Å²) in [6.45, 7) is 5.35. The molecular formula is C16H25N2O4+. The predicted octanol–water partition coefficient (Wildman–Crippen LogP) is 1.18. The molecule has 122 valence electrons. The van der Waals surface area contributed by atoms with E-state index < -0.39 is 11.0 Å². The summed E-state index contributed by atoms with van der Waals surface area (Å²) in [4.78, 5) is 11.6. The monoisotopic (exact) mass is 309 g/mol. The summed E-state index contributed by atoms with van der Waals surface area (Å²) in [7, 11) is 0. The van der Waals surface area contributed by atoms with Crippen molar-refractivity contribution in [2.45, 2.75) is 51.3 Å². The molecule has 1 saturated heterocycles. The van der Waals surface area contributed by atoms with Crippen LogP contribution in [0.3, 0.4) is 0 Å². The number of likely N-dealkylation sites (tertiary alicyclic amines) is 1. The van der Waals surface area contributed by atoms with Gasteiger partial charge in [-0.1, -0.05) is 0 Å². The topological polar surface area (TPSA) is 77.0 Å². The highest BCUT2D eigenvalue weighted by Gasteiger charge is 2.30. The number of nitrogens with zero attached hydrogens (tertiary/aromatic N) is 1. The van der Waals surface area contributed by atoms with Crippen molar-refractivity contribution in [1.82, 2.24) is 0 Å². The molecule has 1 aliphatic rings. The molecule has 0 amide bonds. The largest absolute Gasteiger partial charge is 0.491 e. The molecule has 1 aromatic carbocycles.